The molecule has 200 valence electrons. The van der Waals surface area contributed by atoms with Crippen molar-refractivity contribution in [2.24, 2.45) is 0 Å². The largest absolute Gasteiger partial charge is 0.416 e. The van der Waals surface area contributed by atoms with E-state index in [1.165, 1.54) is 4.90 Å². The maximum atomic E-state index is 13.5. The summed E-state index contributed by atoms with van der Waals surface area (Å²) >= 11 is 0. The zero-order valence-corrected chi connectivity index (χ0v) is 20.0. The number of alkyl halides is 6. The van der Waals surface area contributed by atoms with Gasteiger partial charge in [-0.15, -0.1) is 5.10 Å². The number of aliphatic hydroxyl groups is 1. The standard InChI is InChI=1S/C23H25F6N7O/c1-3-17-11-19(20-18(31-17)5-4-13(2)30-20)35(21-32-34-36(33-21)6-7-37)12-14-8-15(22(24,25)26)10-16(9-14)23(27,28)29/h4-5,8-10,17,19,31,37H,3,6-7,11-12H2,1-2H3/t17-,19+/m1/s1. The van der Waals surface area contributed by atoms with E-state index < -0.39 is 29.5 Å². The Labute approximate surface area is 208 Å². The zero-order valence-electron chi connectivity index (χ0n) is 20.0. The van der Waals surface area contributed by atoms with Gasteiger partial charge in [0.05, 0.1) is 41.7 Å². The first-order valence-corrected chi connectivity index (χ1v) is 11.6. The first kappa shape index (κ1) is 26.6. The van der Waals surface area contributed by atoms with Crippen molar-refractivity contribution in [2.45, 2.75) is 64.2 Å². The summed E-state index contributed by atoms with van der Waals surface area (Å²) in [5.74, 6) is -0.00423. The fourth-order valence-corrected chi connectivity index (χ4v) is 4.32. The van der Waals surface area contributed by atoms with Crippen molar-refractivity contribution in [3.05, 3.63) is 58.4 Å². The molecule has 0 fully saturated rings. The van der Waals surface area contributed by atoms with Crippen molar-refractivity contribution in [3.8, 4) is 0 Å². The van der Waals surface area contributed by atoms with E-state index >= 15 is 0 Å². The molecule has 14 heteroatoms. The number of fused-ring (bicyclic) bond motifs is 1. The topological polar surface area (TPSA) is 92.0 Å². The van der Waals surface area contributed by atoms with Gasteiger partial charge in [0.1, 0.15) is 0 Å². The molecule has 0 radical (unpaired) electrons. The highest BCUT2D eigenvalue weighted by Gasteiger charge is 2.38. The molecule has 0 bridgehead atoms. The predicted molar refractivity (Wildman–Crippen MR) is 122 cm³/mol. The third-order valence-corrected chi connectivity index (χ3v) is 6.12. The van der Waals surface area contributed by atoms with E-state index in [-0.39, 0.29) is 43.3 Å². The lowest BCUT2D eigenvalue weighted by molar-refractivity contribution is -0.143. The molecule has 1 aliphatic heterocycles. The lowest BCUT2D eigenvalue weighted by atomic mass is 9.93. The van der Waals surface area contributed by atoms with Gasteiger partial charge >= 0.3 is 12.4 Å². The minimum absolute atomic E-state index is 0.00423. The Bertz CT molecular complexity index is 1210. The van der Waals surface area contributed by atoms with Crippen molar-refractivity contribution in [1.29, 1.82) is 0 Å². The second kappa shape index (κ2) is 10.1. The van der Waals surface area contributed by atoms with E-state index in [0.717, 1.165) is 4.80 Å². The van der Waals surface area contributed by atoms with E-state index in [9.17, 15) is 31.4 Å². The van der Waals surface area contributed by atoms with Gasteiger partial charge in [0.25, 0.3) is 5.95 Å². The lowest BCUT2D eigenvalue weighted by Gasteiger charge is -2.38. The molecular formula is C23H25F6N7O. The van der Waals surface area contributed by atoms with E-state index in [1.54, 1.807) is 6.92 Å². The monoisotopic (exact) mass is 529 g/mol. The number of aryl methyl sites for hydroxylation is 1. The molecule has 37 heavy (non-hydrogen) atoms. The average molecular weight is 529 g/mol. The van der Waals surface area contributed by atoms with Crippen LogP contribution in [0.5, 0.6) is 0 Å². The van der Waals surface area contributed by atoms with Crippen LogP contribution in [-0.4, -0.2) is 42.9 Å². The minimum Gasteiger partial charge on any atom is -0.394 e. The van der Waals surface area contributed by atoms with Crippen molar-refractivity contribution < 1.29 is 31.4 Å². The Kier molecular flexibility index (Phi) is 7.31. The van der Waals surface area contributed by atoms with Crippen LogP contribution in [0.25, 0.3) is 0 Å². The molecule has 8 nitrogen and oxygen atoms in total. The van der Waals surface area contributed by atoms with Gasteiger partial charge in [-0.05, 0) is 60.9 Å². The van der Waals surface area contributed by atoms with Gasteiger partial charge in [0.15, 0.2) is 0 Å². The number of aromatic nitrogens is 5. The molecule has 4 rings (SSSR count). The first-order chi connectivity index (χ1) is 17.4. The number of aliphatic hydroxyl groups excluding tert-OH is 1. The molecule has 2 aromatic heterocycles. The number of hydrogen-bond acceptors (Lipinski definition) is 7. The summed E-state index contributed by atoms with van der Waals surface area (Å²) in [6.45, 7) is 3.11. The van der Waals surface area contributed by atoms with Crippen LogP contribution < -0.4 is 10.2 Å². The third kappa shape index (κ3) is 5.95. The third-order valence-electron chi connectivity index (χ3n) is 6.12. The van der Waals surface area contributed by atoms with Crippen LogP contribution in [0.2, 0.25) is 0 Å². The number of nitrogens with zero attached hydrogens (tertiary/aromatic N) is 6. The summed E-state index contributed by atoms with van der Waals surface area (Å²) in [6.07, 6.45) is -8.79. The Hall–Kier alpha value is -3.42. The van der Waals surface area contributed by atoms with Crippen LogP contribution in [0.15, 0.2) is 30.3 Å². The van der Waals surface area contributed by atoms with Crippen molar-refractivity contribution in [3.63, 3.8) is 0 Å². The number of hydrogen-bond donors (Lipinski definition) is 2. The quantitative estimate of drug-likeness (QED) is 0.427. The highest BCUT2D eigenvalue weighted by molar-refractivity contribution is 5.55. The number of tetrazole rings is 1. The van der Waals surface area contributed by atoms with Crippen molar-refractivity contribution >= 4 is 11.6 Å². The molecule has 3 heterocycles. The number of rotatable bonds is 7. The number of halogens is 6. The Morgan fingerprint density at radius 3 is 2.35 bits per heavy atom. The second-order valence-corrected chi connectivity index (χ2v) is 8.84. The van der Waals surface area contributed by atoms with Crippen LogP contribution in [0.1, 0.15) is 53.9 Å². The Balaban J connectivity index is 1.84. The van der Waals surface area contributed by atoms with Gasteiger partial charge in [-0.25, -0.2) is 0 Å². The molecule has 0 aliphatic carbocycles. The number of nitrogens with one attached hydrogen (secondary N) is 1. The molecule has 2 atom stereocenters. The van der Waals surface area contributed by atoms with Crippen molar-refractivity contribution in [2.75, 3.05) is 16.8 Å². The molecule has 0 spiro atoms. The van der Waals surface area contributed by atoms with Crippen LogP contribution in [0, 0.1) is 6.92 Å². The van der Waals surface area contributed by atoms with E-state index in [4.69, 9.17) is 0 Å². The molecule has 0 amide bonds. The molecule has 2 N–H and O–H groups in total. The summed E-state index contributed by atoms with van der Waals surface area (Å²) in [5, 5.41) is 24.7. The molecule has 0 saturated carbocycles. The van der Waals surface area contributed by atoms with Crippen LogP contribution in [-0.2, 0) is 25.4 Å². The molecular weight excluding hydrogens is 504 g/mol. The smallest absolute Gasteiger partial charge is 0.394 e. The van der Waals surface area contributed by atoms with E-state index in [2.05, 4.69) is 25.7 Å². The van der Waals surface area contributed by atoms with Gasteiger partial charge in [-0.2, -0.15) is 31.1 Å². The fraction of sp³-hybridized carbons (Fsp3) is 0.478. The summed E-state index contributed by atoms with van der Waals surface area (Å²) in [6, 6.07) is 4.53. The maximum absolute atomic E-state index is 13.5. The summed E-state index contributed by atoms with van der Waals surface area (Å²) < 4.78 is 81.1. The van der Waals surface area contributed by atoms with Gasteiger partial charge < -0.3 is 15.3 Å². The fourth-order valence-electron chi connectivity index (χ4n) is 4.32. The number of benzene rings is 1. The summed E-state index contributed by atoms with van der Waals surface area (Å²) in [7, 11) is 0. The van der Waals surface area contributed by atoms with Crippen LogP contribution >= 0.6 is 0 Å². The van der Waals surface area contributed by atoms with Gasteiger partial charge in [-0.1, -0.05) is 12.0 Å². The molecule has 0 saturated heterocycles. The molecule has 1 aliphatic rings. The summed E-state index contributed by atoms with van der Waals surface area (Å²) in [5.41, 5.74) is -1.05. The average Bonchev–Trinajstić information content (AvgIpc) is 3.29. The van der Waals surface area contributed by atoms with E-state index in [1.807, 2.05) is 19.1 Å². The summed E-state index contributed by atoms with van der Waals surface area (Å²) in [4.78, 5) is 7.25. The lowest BCUT2D eigenvalue weighted by Crippen LogP contribution is -2.38. The number of anilines is 2. The highest BCUT2D eigenvalue weighted by atomic mass is 19.4. The number of pyridine rings is 1. The predicted octanol–water partition coefficient (Wildman–Crippen LogP) is 4.75. The molecule has 1 aromatic carbocycles. The first-order valence-electron chi connectivity index (χ1n) is 11.6. The molecule has 3 aromatic rings. The Morgan fingerprint density at radius 2 is 1.76 bits per heavy atom. The van der Waals surface area contributed by atoms with Crippen LogP contribution in [0.4, 0.5) is 38.0 Å². The SMILES string of the molecule is CC[C@@H]1C[C@H](N(Cc2cc(C(F)(F)F)cc(C(F)(F)F)c2)c2nnn(CCO)n2)c2nc(C)ccc2N1. The van der Waals surface area contributed by atoms with E-state index in [0.29, 0.717) is 42.0 Å². The van der Waals surface area contributed by atoms with Gasteiger partial charge in [0.2, 0.25) is 0 Å². The normalized spacial score (nSPS) is 17.9. The second-order valence-electron chi connectivity index (χ2n) is 8.84. The minimum atomic E-state index is -4.98. The van der Waals surface area contributed by atoms with Gasteiger partial charge in [0, 0.05) is 18.3 Å². The highest BCUT2D eigenvalue weighted by Crippen LogP contribution is 2.40. The Morgan fingerprint density at radius 1 is 1.08 bits per heavy atom. The van der Waals surface area contributed by atoms with Crippen molar-refractivity contribution in [1.82, 2.24) is 25.2 Å². The van der Waals surface area contributed by atoms with Crippen LogP contribution in [0.3, 0.4) is 0 Å². The van der Waals surface area contributed by atoms with Gasteiger partial charge in [-0.3, -0.25) is 4.98 Å². The molecule has 0 unspecified atom stereocenters. The maximum Gasteiger partial charge on any atom is 0.416 e. The zero-order chi connectivity index (χ0) is 27.0.